The summed E-state index contributed by atoms with van der Waals surface area (Å²) in [5.74, 6) is -2.33. The fourth-order valence-corrected chi connectivity index (χ4v) is 2.80. The predicted octanol–water partition coefficient (Wildman–Crippen LogP) is 6.75. The first-order valence-electron chi connectivity index (χ1n) is 9.00. The molecule has 2 aromatic carbocycles. The van der Waals surface area contributed by atoms with Gasteiger partial charge >= 0.3 is 0 Å². The van der Waals surface area contributed by atoms with E-state index in [1.807, 2.05) is 19.9 Å². The molecule has 0 aromatic heterocycles. The SMILES string of the molecule is CC=C(CC)c1ccc(F)cc1F.CCC(O)(CC)c1ccc(F)cc1F. The zero-order valence-electron chi connectivity index (χ0n) is 16.1. The van der Waals surface area contributed by atoms with Crippen LogP contribution in [0.3, 0.4) is 0 Å². The number of halogens is 4. The van der Waals surface area contributed by atoms with Crippen molar-refractivity contribution in [3.8, 4) is 0 Å². The van der Waals surface area contributed by atoms with Gasteiger partial charge in [-0.1, -0.05) is 32.9 Å². The van der Waals surface area contributed by atoms with Crippen LogP contribution in [0.4, 0.5) is 17.6 Å². The summed E-state index contributed by atoms with van der Waals surface area (Å²) in [4.78, 5) is 0. The minimum atomic E-state index is -1.18. The molecule has 0 amide bonds. The molecule has 0 fully saturated rings. The average Bonchev–Trinajstić information content (AvgIpc) is 2.64. The van der Waals surface area contributed by atoms with E-state index in [-0.39, 0.29) is 5.56 Å². The fourth-order valence-electron chi connectivity index (χ4n) is 2.80. The van der Waals surface area contributed by atoms with Crippen LogP contribution in [0.5, 0.6) is 0 Å². The fraction of sp³-hybridized carbons (Fsp3) is 0.364. The minimum Gasteiger partial charge on any atom is -0.385 e. The molecule has 0 radical (unpaired) electrons. The van der Waals surface area contributed by atoms with E-state index >= 15 is 0 Å². The lowest BCUT2D eigenvalue weighted by Gasteiger charge is -2.26. The summed E-state index contributed by atoms with van der Waals surface area (Å²) < 4.78 is 51.7. The molecule has 0 heterocycles. The van der Waals surface area contributed by atoms with Gasteiger partial charge in [0, 0.05) is 23.3 Å². The molecule has 0 atom stereocenters. The average molecular weight is 382 g/mol. The van der Waals surface area contributed by atoms with Crippen LogP contribution in [0.1, 0.15) is 58.1 Å². The summed E-state index contributed by atoms with van der Waals surface area (Å²) in [6, 6.07) is 6.92. The van der Waals surface area contributed by atoms with E-state index in [1.54, 1.807) is 13.8 Å². The molecule has 1 N–H and O–H groups in total. The maximum absolute atomic E-state index is 13.3. The normalized spacial score (nSPS) is 11.8. The summed E-state index contributed by atoms with van der Waals surface area (Å²) in [5.41, 5.74) is 0.380. The standard InChI is InChI=1S/C11H14F2O.C11H12F2/c1-3-11(14,4-2)9-6-5-8(12)7-10(9)13;1-3-8(4-2)10-6-5-9(12)7-11(10)13/h5-7,14H,3-4H2,1-2H3;3,5-7H,4H2,1-2H3. The van der Waals surface area contributed by atoms with Crippen molar-refractivity contribution in [2.75, 3.05) is 0 Å². The minimum absolute atomic E-state index is 0.170. The Morgan fingerprint density at radius 2 is 1.41 bits per heavy atom. The molecule has 27 heavy (non-hydrogen) atoms. The highest BCUT2D eigenvalue weighted by molar-refractivity contribution is 5.65. The van der Waals surface area contributed by atoms with Gasteiger partial charge in [-0.3, -0.25) is 0 Å². The second kappa shape index (κ2) is 10.3. The zero-order valence-corrected chi connectivity index (χ0v) is 16.1. The molecule has 1 nitrogen and oxygen atoms in total. The maximum atomic E-state index is 13.3. The van der Waals surface area contributed by atoms with Crippen molar-refractivity contribution in [1.82, 2.24) is 0 Å². The van der Waals surface area contributed by atoms with Crippen LogP contribution in [0, 0.1) is 23.3 Å². The number of allylic oxidation sites excluding steroid dienone is 2. The Bertz CT molecular complexity index is 780. The van der Waals surface area contributed by atoms with E-state index in [0.717, 1.165) is 30.2 Å². The topological polar surface area (TPSA) is 20.2 Å². The van der Waals surface area contributed by atoms with E-state index in [2.05, 4.69) is 0 Å². The van der Waals surface area contributed by atoms with Crippen molar-refractivity contribution in [3.05, 3.63) is 76.9 Å². The van der Waals surface area contributed by atoms with Crippen LogP contribution in [0.2, 0.25) is 0 Å². The number of benzene rings is 2. The first-order valence-corrected chi connectivity index (χ1v) is 9.00. The van der Waals surface area contributed by atoms with Gasteiger partial charge in [-0.25, -0.2) is 17.6 Å². The van der Waals surface area contributed by atoms with Crippen LogP contribution in [-0.2, 0) is 5.60 Å². The Kier molecular flexibility index (Phi) is 8.70. The summed E-state index contributed by atoms with van der Waals surface area (Å²) in [6.45, 7) is 7.33. The Morgan fingerprint density at radius 1 is 0.889 bits per heavy atom. The second-order valence-electron chi connectivity index (χ2n) is 6.15. The van der Waals surface area contributed by atoms with E-state index in [0.29, 0.717) is 18.4 Å². The molecule has 5 heteroatoms. The Hall–Kier alpha value is -2.14. The Morgan fingerprint density at radius 3 is 1.81 bits per heavy atom. The Labute approximate surface area is 158 Å². The first kappa shape index (κ1) is 22.9. The first-order chi connectivity index (χ1) is 12.7. The molecule has 148 valence electrons. The van der Waals surface area contributed by atoms with E-state index in [1.165, 1.54) is 18.2 Å². The lowest BCUT2D eigenvalue weighted by atomic mass is 9.88. The molecule has 2 rings (SSSR count). The summed E-state index contributed by atoms with van der Waals surface area (Å²) in [5, 5.41) is 10.0. The van der Waals surface area contributed by atoms with Crippen LogP contribution in [0.25, 0.3) is 5.57 Å². The van der Waals surface area contributed by atoms with Crippen LogP contribution in [0.15, 0.2) is 42.5 Å². The summed E-state index contributed by atoms with van der Waals surface area (Å²) in [6.07, 6.45) is 3.41. The number of hydrogen-bond acceptors (Lipinski definition) is 1. The molecule has 2 aromatic rings. The highest BCUT2D eigenvalue weighted by atomic mass is 19.1. The predicted molar refractivity (Wildman–Crippen MR) is 101 cm³/mol. The molecule has 0 aliphatic carbocycles. The van der Waals surface area contributed by atoms with Gasteiger partial charge in [-0.15, -0.1) is 0 Å². The van der Waals surface area contributed by atoms with Crippen LogP contribution in [-0.4, -0.2) is 5.11 Å². The van der Waals surface area contributed by atoms with Crippen molar-refractivity contribution < 1.29 is 22.7 Å². The third-order valence-electron chi connectivity index (χ3n) is 4.61. The van der Waals surface area contributed by atoms with E-state index in [4.69, 9.17) is 0 Å². The highest BCUT2D eigenvalue weighted by Gasteiger charge is 2.28. The highest BCUT2D eigenvalue weighted by Crippen LogP contribution is 2.30. The molecule has 0 aliphatic rings. The van der Waals surface area contributed by atoms with Gasteiger partial charge in [0.25, 0.3) is 0 Å². The van der Waals surface area contributed by atoms with Crippen molar-refractivity contribution in [3.63, 3.8) is 0 Å². The third-order valence-corrected chi connectivity index (χ3v) is 4.61. The van der Waals surface area contributed by atoms with Gasteiger partial charge in [0.15, 0.2) is 0 Å². The third kappa shape index (κ3) is 5.93. The van der Waals surface area contributed by atoms with Gasteiger partial charge in [-0.05, 0) is 50.0 Å². The molecular weight excluding hydrogens is 356 g/mol. The molecule has 0 unspecified atom stereocenters. The van der Waals surface area contributed by atoms with Crippen molar-refractivity contribution in [2.24, 2.45) is 0 Å². The molecule has 0 spiro atoms. The van der Waals surface area contributed by atoms with Crippen LogP contribution < -0.4 is 0 Å². The van der Waals surface area contributed by atoms with E-state index < -0.39 is 28.9 Å². The van der Waals surface area contributed by atoms with Crippen LogP contribution >= 0.6 is 0 Å². The molecule has 0 bridgehead atoms. The monoisotopic (exact) mass is 382 g/mol. The van der Waals surface area contributed by atoms with Gasteiger partial charge in [0.05, 0.1) is 5.60 Å². The second-order valence-corrected chi connectivity index (χ2v) is 6.15. The smallest absolute Gasteiger partial charge is 0.133 e. The van der Waals surface area contributed by atoms with Gasteiger partial charge in [0.1, 0.15) is 23.3 Å². The van der Waals surface area contributed by atoms with Gasteiger partial charge in [0.2, 0.25) is 0 Å². The summed E-state index contributed by atoms with van der Waals surface area (Å²) in [7, 11) is 0. The van der Waals surface area contributed by atoms with Gasteiger partial charge < -0.3 is 5.11 Å². The van der Waals surface area contributed by atoms with Gasteiger partial charge in [-0.2, -0.15) is 0 Å². The molecule has 0 saturated heterocycles. The number of hydrogen-bond donors (Lipinski definition) is 1. The quantitative estimate of drug-likeness (QED) is 0.567. The molecule has 0 saturated carbocycles. The number of aliphatic hydroxyl groups is 1. The summed E-state index contributed by atoms with van der Waals surface area (Å²) >= 11 is 0. The lowest BCUT2D eigenvalue weighted by Crippen LogP contribution is -2.25. The van der Waals surface area contributed by atoms with Crippen molar-refractivity contribution in [1.29, 1.82) is 0 Å². The van der Waals surface area contributed by atoms with Crippen molar-refractivity contribution >= 4 is 5.57 Å². The largest absolute Gasteiger partial charge is 0.385 e. The number of rotatable bonds is 5. The molecular formula is C22H26F4O. The van der Waals surface area contributed by atoms with Crippen molar-refractivity contribution in [2.45, 2.75) is 52.6 Å². The zero-order chi connectivity index (χ0) is 20.6. The molecule has 0 aliphatic heterocycles. The van der Waals surface area contributed by atoms with E-state index in [9.17, 15) is 22.7 Å². The maximum Gasteiger partial charge on any atom is 0.133 e. The Balaban J connectivity index is 0.000000271. The lowest BCUT2D eigenvalue weighted by molar-refractivity contribution is 0.0247.